The smallest absolute Gasteiger partial charge is 0.341 e. The van der Waals surface area contributed by atoms with Gasteiger partial charge in [0.25, 0.3) is 0 Å². The summed E-state index contributed by atoms with van der Waals surface area (Å²) in [6, 6.07) is 0. The summed E-state index contributed by atoms with van der Waals surface area (Å²) < 4.78 is 11.3. The Morgan fingerprint density at radius 1 is 1.25 bits per heavy atom. The van der Waals surface area contributed by atoms with Gasteiger partial charge in [-0.1, -0.05) is 26.8 Å². The number of carbonyl (C=O) groups excluding carboxylic acids is 1. The lowest BCUT2D eigenvalue weighted by atomic mass is 10.0. The molecule has 1 rings (SSSR count). The summed E-state index contributed by atoms with van der Waals surface area (Å²) >= 11 is 0. The Morgan fingerprint density at radius 2 is 1.90 bits per heavy atom. The van der Waals surface area contributed by atoms with Crippen LogP contribution in [-0.2, 0) is 14.0 Å². The van der Waals surface area contributed by atoms with E-state index in [0.717, 1.165) is 31.4 Å². The van der Waals surface area contributed by atoms with Crippen LogP contribution in [0.2, 0.25) is 18.1 Å². The van der Waals surface area contributed by atoms with Crippen LogP contribution in [-0.4, -0.2) is 21.4 Å². The van der Waals surface area contributed by atoms with Crippen LogP contribution in [0.1, 0.15) is 46.5 Å². The van der Waals surface area contributed by atoms with Crippen molar-refractivity contribution in [1.82, 2.24) is 0 Å². The summed E-state index contributed by atoms with van der Waals surface area (Å²) in [6.07, 6.45) is 7.92. The Morgan fingerprint density at radius 3 is 2.45 bits per heavy atom. The molecule has 0 bridgehead atoms. The van der Waals surface area contributed by atoms with Crippen molar-refractivity contribution in [3.05, 3.63) is 23.5 Å². The predicted octanol–water partition coefficient (Wildman–Crippen LogP) is 4.57. The highest BCUT2D eigenvalue weighted by molar-refractivity contribution is 6.74. The van der Waals surface area contributed by atoms with Crippen molar-refractivity contribution >= 4 is 14.3 Å². The minimum absolute atomic E-state index is 0.118. The zero-order valence-corrected chi connectivity index (χ0v) is 14.7. The number of esters is 1. The lowest BCUT2D eigenvalue weighted by Gasteiger charge is -2.38. The van der Waals surface area contributed by atoms with Crippen molar-refractivity contribution in [3.63, 3.8) is 0 Å². The van der Waals surface area contributed by atoms with Crippen molar-refractivity contribution in [3.8, 4) is 0 Å². The van der Waals surface area contributed by atoms with Gasteiger partial charge >= 0.3 is 5.97 Å². The molecule has 0 saturated carbocycles. The van der Waals surface area contributed by atoms with E-state index in [0.29, 0.717) is 5.57 Å². The number of carbonyl (C=O) groups is 1. The zero-order valence-electron chi connectivity index (χ0n) is 13.7. The molecule has 0 spiro atoms. The van der Waals surface area contributed by atoms with Gasteiger partial charge in [0.15, 0.2) is 0 Å². The predicted molar refractivity (Wildman–Crippen MR) is 84.9 cm³/mol. The number of ether oxygens (including phenoxy) is 1. The monoisotopic (exact) mass is 296 g/mol. The number of hydrogen-bond donors (Lipinski definition) is 0. The normalized spacial score (nSPS) is 22.7. The quantitative estimate of drug-likeness (QED) is 0.565. The Bertz CT molecular complexity index is 414. The minimum atomic E-state index is -1.93. The molecule has 0 heterocycles. The van der Waals surface area contributed by atoms with Gasteiger partial charge in [-0.25, -0.2) is 4.79 Å². The third-order valence-corrected chi connectivity index (χ3v) is 8.57. The Labute approximate surface area is 124 Å². The minimum Gasteiger partial charge on any atom is -0.546 e. The summed E-state index contributed by atoms with van der Waals surface area (Å²) in [5.41, 5.74) is 0.594. The molecule has 114 valence electrons. The summed E-state index contributed by atoms with van der Waals surface area (Å²) in [4.78, 5) is 12.0. The Hall–Kier alpha value is -1.03. The number of allylic oxidation sites excluding steroid dienone is 2. The maximum atomic E-state index is 12.0. The second-order valence-corrected chi connectivity index (χ2v) is 11.6. The molecule has 20 heavy (non-hydrogen) atoms. The third-order valence-electron chi connectivity index (χ3n) is 4.20. The molecule has 1 aliphatic carbocycles. The van der Waals surface area contributed by atoms with Gasteiger partial charge in [-0.15, -0.1) is 0 Å². The summed E-state index contributed by atoms with van der Waals surface area (Å²) in [6.45, 7) is 11.0. The van der Waals surface area contributed by atoms with Crippen LogP contribution >= 0.6 is 0 Å². The molecular weight excluding hydrogens is 268 g/mol. The van der Waals surface area contributed by atoms with Crippen LogP contribution in [0.15, 0.2) is 23.5 Å². The zero-order chi connectivity index (χ0) is 15.4. The lowest BCUT2D eigenvalue weighted by molar-refractivity contribution is -0.135. The fourth-order valence-corrected chi connectivity index (χ4v) is 2.97. The van der Waals surface area contributed by atoms with E-state index in [-0.39, 0.29) is 11.0 Å². The van der Waals surface area contributed by atoms with Gasteiger partial charge in [-0.3, -0.25) is 0 Å². The molecule has 0 radical (unpaired) electrons. The summed E-state index contributed by atoms with van der Waals surface area (Å²) in [5.74, 6) is 0.524. The van der Waals surface area contributed by atoms with Crippen molar-refractivity contribution < 1.29 is 14.0 Å². The molecule has 3 nitrogen and oxygen atoms in total. The Balaban J connectivity index is 3.14. The highest BCUT2D eigenvalue weighted by Crippen LogP contribution is 2.39. The summed E-state index contributed by atoms with van der Waals surface area (Å²) in [5, 5.41) is 0.118. The highest BCUT2D eigenvalue weighted by atomic mass is 28.4. The van der Waals surface area contributed by atoms with Crippen molar-refractivity contribution in [1.29, 1.82) is 0 Å². The average Bonchev–Trinajstić information content (AvgIpc) is 2.30. The average molecular weight is 296 g/mol. The van der Waals surface area contributed by atoms with Crippen LogP contribution in [0.3, 0.4) is 0 Å². The molecule has 0 aromatic carbocycles. The number of methoxy groups -OCH3 is 1. The number of rotatable bonds is 3. The van der Waals surface area contributed by atoms with Crippen molar-refractivity contribution in [2.75, 3.05) is 7.11 Å². The molecule has 4 heteroatoms. The third kappa shape index (κ3) is 4.23. The largest absolute Gasteiger partial charge is 0.546 e. The van der Waals surface area contributed by atoms with Crippen LogP contribution in [0.25, 0.3) is 0 Å². The van der Waals surface area contributed by atoms with E-state index in [4.69, 9.17) is 9.16 Å². The van der Waals surface area contributed by atoms with Gasteiger partial charge in [0.05, 0.1) is 18.4 Å². The molecule has 0 atom stereocenters. The van der Waals surface area contributed by atoms with Crippen LogP contribution < -0.4 is 0 Å². The first-order valence-electron chi connectivity index (χ1n) is 7.36. The van der Waals surface area contributed by atoms with Gasteiger partial charge in [-0.2, -0.15) is 0 Å². The van der Waals surface area contributed by atoms with Crippen molar-refractivity contribution in [2.45, 2.75) is 64.6 Å². The second-order valence-electron chi connectivity index (χ2n) is 6.84. The fraction of sp³-hybridized carbons (Fsp3) is 0.688. The van der Waals surface area contributed by atoms with E-state index in [1.807, 2.05) is 12.2 Å². The lowest BCUT2D eigenvalue weighted by Crippen LogP contribution is -2.40. The molecule has 0 unspecified atom stereocenters. The van der Waals surface area contributed by atoms with Crippen LogP contribution in [0, 0.1) is 0 Å². The molecule has 0 aliphatic heterocycles. The van der Waals surface area contributed by atoms with E-state index in [9.17, 15) is 4.79 Å². The molecule has 0 saturated heterocycles. The first-order valence-corrected chi connectivity index (χ1v) is 10.3. The molecule has 0 aromatic rings. The van der Waals surface area contributed by atoms with Gasteiger partial charge in [0, 0.05) is 6.42 Å². The second kappa shape index (κ2) is 6.61. The van der Waals surface area contributed by atoms with E-state index in [2.05, 4.69) is 33.9 Å². The first kappa shape index (κ1) is 17.0. The van der Waals surface area contributed by atoms with Crippen LogP contribution in [0.5, 0.6) is 0 Å². The topological polar surface area (TPSA) is 35.5 Å². The molecular formula is C16H28O3Si. The van der Waals surface area contributed by atoms with Gasteiger partial charge in [0.2, 0.25) is 8.32 Å². The van der Waals surface area contributed by atoms with E-state index < -0.39 is 8.32 Å². The van der Waals surface area contributed by atoms with Crippen LogP contribution in [0.4, 0.5) is 0 Å². The maximum absolute atomic E-state index is 12.0. The SMILES string of the molecule is COC(=O)C1=C(\O[Si](C)(C)C(C)(C)C)CCCC\C=C\1. The molecule has 0 fully saturated rings. The van der Waals surface area contributed by atoms with Gasteiger partial charge < -0.3 is 9.16 Å². The Kier molecular flexibility index (Phi) is 5.63. The fourth-order valence-electron chi connectivity index (χ4n) is 1.84. The molecule has 0 N–H and O–H groups in total. The first-order chi connectivity index (χ1) is 9.19. The number of hydrogen-bond acceptors (Lipinski definition) is 3. The van der Waals surface area contributed by atoms with E-state index in [1.54, 1.807) is 0 Å². The van der Waals surface area contributed by atoms with Crippen molar-refractivity contribution in [2.24, 2.45) is 0 Å². The highest BCUT2D eigenvalue weighted by Gasteiger charge is 2.40. The maximum Gasteiger partial charge on any atom is 0.341 e. The summed E-state index contributed by atoms with van der Waals surface area (Å²) in [7, 11) is -0.509. The van der Waals surface area contributed by atoms with E-state index in [1.165, 1.54) is 7.11 Å². The van der Waals surface area contributed by atoms with E-state index >= 15 is 0 Å². The van der Waals surface area contributed by atoms with Gasteiger partial charge in [-0.05, 0) is 43.5 Å². The van der Waals surface area contributed by atoms with Gasteiger partial charge in [0.1, 0.15) is 0 Å². The molecule has 0 amide bonds. The standard InChI is InChI=1S/C16H28O3Si/c1-16(2,3)20(5,6)19-14-12-10-8-7-9-11-13(14)15(17)18-4/h9,11H,7-8,10,12H2,1-6H3/b11-9+,14-13-. The molecule has 1 aliphatic rings. The molecule has 0 aromatic heterocycles.